The first-order chi connectivity index (χ1) is 14.4. The van der Waals surface area contributed by atoms with E-state index in [1.54, 1.807) is 36.4 Å². The molecule has 3 aromatic rings. The van der Waals surface area contributed by atoms with Crippen molar-refractivity contribution in [3.63, 3.8) is 0 Å². The largest absolute Gasteiger partial charge is 0.483 e. The summed E-state index contributed by atoms with van der Waals surface area (Å²) in [5, 5.41) is 5.60. The zero-order valence-electron chi connectivity index (χ0n) is 16.8. The molecule has 30 heavy (non-hydrogen) atoms. The minimum Gasteiger partial charge on any atom is -0.483 e. The molecule has 2 amide bonds. The van der Waals surface area contributed by atoms with Gasteiger partial charge in [0.1, 0.15) is 5.75 Å². The van der Waals surface area contributed by atoms with E-state index in [1.807, 2.05) is 36.4 Å². The van der Waals surface area contributed by atoms with Crippen molar-refractivity contribution in [1.29, 1.82) is 0 Å². The molecule has 0 aliphatic rings. The molecule has 6 heteroatoms. The number of anilines is 2. The molecule has 154 valence electrons. The zero-order chi connectivity index (χ0) is 21.5. The molecule has 0 spiro atoms. The highest BCUT2D eigenvalue weighted by atomic mass is 79.9. The highest BCUT2D eigenvalue weighted by Crippen LogP contribution is 2.29. The van der Waals surface area contributed by atoms with Crippen LogP contribution in [0.3, 0.4) is 0 Å². The molecule has 0 fully saturated rings. The molecule has 0 aromatic heterocycles. The Morgan fingerprint density at radius 3 is 2.37 bits per heavy atom. The van der Waals surface area contributed by atoms with E-state index < -0.39 is 0 Å². The van der Waals surface area contributed by atoms with Gasteiger partial charge in [-0.3, -0.25) is 9.59 Å². The summed E-state index contributed by atoms with van der Waals surface area (Å²) in [4.78, 5) is 25.1. The van der Waals surface area contributed by atoms with E-state index >= 15 is 0 Å². The highest BCUT2D eigenvalue weighted by molar-refractivity contribution is 9.10. The Labute approximate surface area is 184 Å². The quantitative estimate of drug-likeness (QED) is 0.459. The van der Waals surface area contributed by atoms with Gasteiger partial charge in [0.25, 0.3) is 11.8 Å². The van der Waals surface area contributed by atoms with Gasteiger partial charge in [-0.25, -0.2) is 0 Å². The van der Waals surface area contributed by atoms with Crippen molar-refractivity contribution in [2.75, 3.05) is 17.2 Å². The Hall–Kier alpha value is -3.12. The van der Waals surface area contributed by atoms with E-state index in [4.69, 9.17) is 4.74 Å². The van der Waals surface area contributed by atoms with Gasteiger partial charge in [0, 0.05) is 10.2 Å². The third-order valence-corrected chi connectivity index (χ3v) is 4.92. The molecular formula is C24H23BrN2O3. The van der Waals surface area contributed by atoms with Crippen molar-refractivity contribution in [3.8, 4) is 5.75 Å². The van der Waals surface area contributed by atoms with Crippen LogP contribution in [0.4, 0.5) is 11.4 Å². The van der Waals surface area contributed by atoms with E-state index in [1.165, 1.54) is 0 Å². The fraction of sp³-hybridized carbons (Fsp3) is 0.167. The van der Waals surface area contributed by atoms with Gasteiger partial charge in [-0.1, -0.05) is 60.1 Å². The monoisotopic (exact) mass is 466 g/mol. The van der Waals surface area contributed by atoms with Crippen molar-refractivity contribution in [1.82, 2.24) is 0 Å². The summed E-state index contributed by atoms with van der Waals surface area (Å²) in [6.07, 6.45) is 0. The molecular weight excluding hydrogens is 444 g/mol. The second kappa shape index (κ2) is 10.1. The lowest BCUT2D eigenvalue weighted by molar-refractivity contribution is -0.118. The smallest absolute Gasteiger partial charge is 0.262 e. The summed E-state index contributed by atoms with van der Waals surface area (Å²) >= 11 is 3.46. The standard InChI is InChI=1S/C24H23BrN2O3/c1-16(2)20-14-17(25)12-13-22(20)30-15-23(28)27-21-11-7-6-10-19(21)24(29)26-18-8-4-3-5-9-18/h3-14,16H,15H2,1-2H3,(H,26,29)(H,27,28). The van der Waals surface area contributed by atoms with Crippen LogP contribution in [-0.2, 0) is 4.79 Å². The Bertz CT molecular complexity index is 1040. The third-order valence-electron chi connectivity index (χ3n) is 4.43. The van der Waals surface area contributed by atoms with Crippen LogP contribution in [0.5, 0.6) is 5.75 Å². The zero-order valence-corrected chi connectivity index (χ0v) is 18.4. The molecule has 2 N–H and O–H groups in total. The number of amides is 2. The first kappa shape index (κ1) is 21.6. The van der Waals surface area contributed by atoms with Crippen molar-refractivity contribution in [2.45, 2.75) is 19.8 Å². The second-order valence-electron chi connectivity index (χ2n) is 7.04. The number of nitrogens with one attached hydrogen (secondary N) is 2. The number of para-hydroxylation sites is 2. The van der Waals surface area contributed by atoms with E-state index in [0.717, 1.165) is 10.0 Å². The molecule has 0 saturated heterocycles. The fourth-order valence-electron chi connectivity index (χ4n) is 2.94. The molecule has 3 aromatic carbocycles. The SMILES string of the molecule is CC(C)c1cc(Br)ccc1OCC(=O)Nc1ccccc1C(=O)Nc1ccccc1. The maximum absolute atomic E-state index is 12.6. The van der Waals surface area contributed by atoms with E-state index in [9.17, 15) is 9.59 Å². The Balaban J connectivity index is 1.67. The molecule has 0 aliphatic heterocycles. The topological polar surface area (TPSA) is 67.4 Å². The summed E-state index contributed by atoms with van der Waals surface area (Å²) < 4.78 is 6.71. The lowest BCUT2D eigenvalue weighted by Crippen LogP contribution is -2.23. The third kappa shape index (κ3) is 5.70. The summed E-state index contributed by atoms with van der Waals surface area (Å²) in [5.74, 6) is 0.280. The lowest BCUT2D eigenvalue weighted by atomic mass is 10.0. The number of rotatable bonds is 7. The van der Waals surface area contributed by atoms with Gasteiger partial charge < -0.3 is 15.4 Å². The van der Waals surface area contributed by atoms with Crippen LogP contribution in [0.1, 0.15) is 35.7 Å². The second-order valence-corrected chi connectivity index (χ2v) is 7.96. The minimum absolute atomic E-state index is 0.157. The van der Waals surface area contributed by atoms with Gasteiger partial charge in [0.05, 0.1) is 11.3 Å². The molecule has 0 aliphatic carbocycles. The van der Waals surface area contributed by atoms with Gasteiger partial charge in [0.15, 0.2) is 6.61 Å². The molecule has 0 atom stereocenters. The number of carbonyl (C=O) groups excluding carboxylic acids is 2. The molecule has 0 saturated carbocycles. The predicted molar refractivity (Wildman–Crippen MR) is 123 cm³/mol. The molecule has 0 bridgehead atoms. The number of halogens is 1. The average Bonchev–Trinajstić information content (AvgIpc) is 2.73. The summed E-state index contributed by atoms with van der Waals surface area (Å²) in [7, 11) is 0. The normalized spacial score (nSPS) is 10.5. The van der Waals surface area contributed by atoms with Gasteiger partial charge in [-0.2, -0.15) is 0 Å². The predicted octanol–water partition coefficient (Wildman–Crippen LogP) is 5.84. The fourth-order valence-corrected chi connectivity index (χ4v) is 3.32. The van der Waals surface area contributed by atoms with Crippen molar-refractivity contribution >= 4 is 39.1 Å². The first-order valence-corrected chi connectivity index (χ1v) is 10.4. The number of hydrogen-bond donors (Lipinski definition) is 2. The molecule has 0 unspecified atom stereocenters. The van der Waals surface area contributed by atoms with E-state index in [2.05, 4.69) is 40.4 Å². The van der Waals surface area contributed by atoms with Gasteiger partial charge in [-0.15, -0.1) is 0 Å². The van der Waals surface area contributed by atoms with Crippen LogP contribution >= 0.6 is 15.9 Å². The van der Waals surface area contributed by atoms with Crippen LogP contribution in [0.25, 0.3) is 0 Å². The van der Waals surface area contributed by atoms with Gasteiger partial charge in [0.2, 0.25) is 0 Å². The average molecular weight is 467 g/mol. The molecule has 3 rings (SSSR count). The molecule has 0 heterocycles. The summed E-state index contributed by atoms with van der Waals surface area (Å²) in [6, 6.07) is 21.7. The van der Waals surface area contributed by atoms with Crippen molar-refractivity contribution in [2.24, 2.45) is 0 Å². The van der Waals surface area contributed by atoms with Crippen LogP contribution in [0.2, 0.25) is 0 Å². The highest BCUT2D eigenvalue weighted by Gasteiger charge is 2.15. The Kier molecular flexibility index (Phi) is 7.25. The van der Waals surface area contributed by atoms with E-state index in [-0.39, 0.29) is 24.3 Å². The van der Waals surface area contributed by atoms with Crippen molar-refractivity contribution in [3.05, 3.63) is 88.4 Å². The lowest BCUT2D eigenvalue weighted by Gasteiger charge is -2.15. The number of carbonyl (C=O) groups is 2. The van der Waals surface area contributed by atoms with Crippen molar-refractivity contribution < 1.29 is 14.3 Å². The Morgan fingerprint density at radius 1 is 0.933 bits per heavy atom. The number of ether oxygens (including phenoxy) is 1. The summed E-state index contributed by atoms with van der Waals surface area (Å²) in [5.41, 5.74) is 2.50. The minimum atomic E-state index is -0.340. The summed E-state index contributed by atoms with van der Waals surface area (Å²) in [6.45, 7) is 3.97. The Morgan fingerprint density at radius 2 is 1.63 bits per heavy atom. The van der Waals surface area contributed by atoms with Crippen LogP contribution in [-0.4, -0.2) is 18.4 Å². The number of benzene rings is 3. The molecule has 0 radical (unpaired) electrons. The van der Waals surface area contributed by atoms with E-state index in [0.29, 0.717) is 22.7 Å². The number of hydrogen-bond acceptors (Lipinski definition) is 3. The van der Waals surface area contributed by atoms with Crippen LogP contribution in [0, 0.1) is 0 Å². The van der Waals surface area contributed by atoms with Crippen LogP contribution < -0.4 is 15.4 Å². The maximum atomic E-state index is 12.6. The first-order valence-electron chi connectivity index (χ1n) is 9.61. The molecule has 5 nitrogen and oxygen atoms in total. The van der Waals surface area contributed by atoms with Gasteiger partial charge in [-0.05, 0) is 53.9 Å². The van der Waals surface area contributed by atoms with Gasteiger partial charge >= 0.3 is 0 Å². The maximum Gasteiger partial charge on any atom is 0.262 e. The van der Waals surface area contributed by atoms with Crippen LogP contribution in [0.15, 0.2) is 77.3 Å².